The van der Waals surface area contributed by atoms with Crippen molar-refractivity contribution in [1.29, 1.82) is 0 Å². The summed E-state index contributed by atoms with van der Waals surface area (Å²) in [6.45, 7) is 0. The molecule has 19 heavy (non-hydrogen) atoms. The lowest BCUT2D eigenvalue weighted by Gasteiger charge is -2.30. The Kier molecular flexibility index (Phi) is 5.64. The van der Waals surface area contributed by atoms with Gasteiger partial charge in [0.05, 0.1) is 18.2 Å². The number of hydrogen-bond donors (Lipinski definition) is 3. The van der Waals surface area contributed by atoms with Crippen molar-refractivity contribution in [2.45, 2.75) is 82.4 Å². The number of aliphatic hydroxyl groups excluding tert-OH is 1. The van der Waals surface area contributed by atoms with Gasteiger partial charge in [-0.1, -0.05) is 44.9 Å². The first-order chi connectivity index (χ1) is 9.16. The molecule has 0 saturated heterocycles. The molecule has 0 bridgehead atoms. The van der Waals surface area contributed by atoms with Gasteiger partial charge < -0.3 is 16.2 Å². The van der Waals surface area contributed by atoms with E-state index in [1.165, 1.54) is 32.1 Å². The van der Waals surface area contributed by atoms with Gasteiger partial charge >= 0.3 is 0 Å². The van der Waals surface area contributed by atoms with Crippen LogP contribution >= 0.6 is 0 Å². The second-order valence-corrected chi connectivity index (χ2v) is 6.31. The molecule has 4 nitrogen and oxygen atoms in total. The van der Waals surface area contributed by atoms with Gasteiger partial charge in [0, 0.05) is 0 Å². The molecule has 0 radical (unpaired) electrons. The second kappa shape index (κ2) is 7.25. The summed E-state index contributed by atoms with van der Waals surface area (Å²) in [6.07, 6.45) is 10.5. The molecule has 2 fully saturated rings. The van der Waals surface area contributed by atoms with Crippen LogP contribution < -0.4 is 11.1 Å². The van der Waals surface area contributed by atoms with Gasteiger partial charge in [-0.15, -0.1) is 0 Å². The Morgan fingerprint density at radius 3 is 2.42 bits per heavy atom. The third-order valence-corrected chi connectivity index (χ3v) is 4.71. The molecule has 0 spiro atoms. The summed E-state index contributed by atoms with van der Waals surface area (Å²) < 4.78 is 0. The minimum absolute atomic E-state index is 0.0727. The van der Waals surface area contributed by atoms with Crippen molar-refractivity contribution in [3.05, 3.63) is 0 Å². The Balaban J connectivity index is 1.74. The maximum absolute atomic E-state index is 12.1. The van der Waals surface area contributed by atoms with Gasteiger partial charge in [0.25, 0.3) is 0 Å². The molecular formula is C15H28N2O2. The van der Waals surface area contributed by atoms with Gasteiger partial charge in [-0.25, -0.2) is 0 Å². The van der Waals surface area contributed by atoms with Gasteiger partial charge in [-0.05, 0) is 25.2 Å². The van der Waals surface area contributed by atoms with Crippen molar-refractivity contribution in [2.24, 2.45) is 11.7 Å². The van der Waals surface area contributed by atoms with E-state index in [1.54, 1.807) is 0 Å². The molecule has 0 heterocycles. The fourth-order valence-electron chi connectivity index (χ4n) is 3.46. The van der Waals surface area contributed by atoms with Crippen LogP contribution in [0.2, 0.25) is 0 Å². The van der Waals surface area contributed by atoms with E-state index >= 15 is 0 Å². The first kappa shape index (κ1) is 14.8. The lowest BCUT2D eigenvalue weighted by atomic mass is 9.84. The van der Waals surface area contributed by atoms with Gasteiger partial charge in [-0.3, -0.25) is 4.79 Å². The van der Waals surface area contributed by atoms with Crippen LogP contribution in [0.15, 0.2) is 0 Å². The predicted molar refractivity (Wildman–Crippen MR) is 75.6 cm³/mol. The van der Waals surface area contributed by atoms with E-state index < -0.39 is 6.04 Å². The number of amides is 1. The fraction of sp³-hybridized carbons (Fsp3) is 0.933. The molecule has 4 heteroatoms. The highest BCUT2D eigenvalue weighted by atomic mass is 16.3. The highest BCUT2D eigenvalue weighted by Crippen LogP contribution is 2.27. The Morgan fingerprint density at radius 2 is 1.74 bits per heavy atom. The highest BCUT2D eigenvalue weighted by Gasteiger charge is 2.27. The first-order valence-corrected chi connectivity index (χ1v) is 7.91. The summed E-state index contributed by atoms with van der Waals surface area (Å²) in [5.41, 5.74) is 6.02. The standard InChI is InChI=1S/C15H28N2O2/c16-12(10-11-6-2-1-3-7-11)15(19)17-13-8-4-5-9-14(13)18/h11-14,18H,1-10,16H2,(H,17,19)/t12?,13-,14-/m0/s1. The Morgan fingerprint density at radius 1 is 1.11 bits per heavy atom. The lowest BCUT2D eigenvalue weighted by molar-refractivity contribution is -0.124. The molecule has 110 valence electrons. The average Bonchev–Trinajstić information content (AvgIpc) is 2.42. The Bertz CT molecular complexity index is 290. The summed E-state index contributed by atoms with van der Waals surface area (Å²) in [5, 5.41) is 12.8. The van der Waals surface area contributed by atoms with Crippen LogP contribution in [0.25, 0.3) is 0 Å². The molecule has 4 N–H and O–H groups in total. The van der Waals surface area contributed by atoms with Crippen molar-refractivity contribution in [2.75, 3.05) is 0 Å². The smallest absolute Gasteiger partial charge is 0.237 e. The summed E-state index contributed by atoms with van der Waals surface area (Å²) >= 11 is 0. The van der Waals surface area contributed by atoms with Crippen LogP contribution in [0.3, 0.4) is 0 Å². The number of nitrogens with one attached hydrogen (secondary N) is 1. The number of hydrogen-bond acceptors (Lipinski definition) is 3. The molecule has 0 aromatic carbocycles. The normalized spacial score (nSPS) is 30.8. The van der Waals surface area contributed by atoms with Gasteiger partial charge in [0.1, 0.15) is 0 Å². The quantitative estimate of drug-likeness (QED) is 0.726. The van der Waals surface area contributed by atoms with E-state index in [4.69, 9.17) is 5.73 Å². The van der Waals surface area contributed by atoms with Gasteiger partial charge in [0.15, 0.2) is 0 Å². The van der Waals surface area contributed by atoms with Crippen LogP contribution in [0.4, 0.5) is 0 Å². The monoisotopic (exact) mass is 268 g/mol. The van der Waals surface area contributed by atoms with Gasteiger partial charge in [0.2, 0.25) is 5.91 Å². The summed E-state index contributed by atoms with van der Waals surface area (Å²) in [5.74, 6) is 0.544. The zero-order valence-electron chi connectivity index (χ0n) is 11.8. The molecule has 2 aliphatic carbocycles. The lowest BCUT2D eigenvalue weighted by Crippen LogP contribution is -2.51. The highest BCUT2D eigenvalue weighted by molar-refractivity contribution is 5.81. The fourth-order valence-corrected chi connectivity index (χ4v) is 3.46. The van der Waals surface area contributed by atoms with Crippen LogP contribution in [0, 0.1) is 5.92 Å². The van der Waals surface area contributed by atoms with Crippen LogP contribution in [0.1, 0.15) is 64.2 Å². The summed E-state index contributed by atoms with van der Waals surface area (Å²) in [4.78, 5) is 12.1. The third kappa shape index (κ3) is 4.46. The first-order valence-electron chi connectivity index (χ1n) is 7.91. The van der Waals surface area contributed by atoms with Crippen LogP contribution in [-0.4, -0.2) is 29.2 Å². The van der Waals surface area contributed by atoms with Crippen LogP contribution in [-0.2, 0) is 4.79 Å². The van der Waals surface area contributed by atoms with E-state index in [1.807, 2.05) is 0 Å². The van der Waals surface area contributed by atoms with E-state index in [0.717, 1.165) is 32.1 Å². The molecular weight excluding hydrogens is 240 g/mol. The SMILES string of the molecule is NC(CC1CCCCC1)C(=O)N[C@H]1CCCC[C@@H]1O. The molecule has 0 aromatic heterocycles. The van der Waals surface area contributed by atoms with E-state index in [9.17, 15) is 9.90 Å². The predicted octanol–water partition coefficient (Wildman–Crippen LogP) is 1.70. The van der Waals surface area contributed by atoms with Crippen molar-refractivity contribution < 1.29 is 9.90 Å². The second-order valence-electron chi connectivity index (χ2n) is 6.31. The van der Waals surface area contributed by atoms with Crippen molar-refractivity contribution in [3.63, 3.8) is 0 Å². The number of carbonyl (C=O) groups excluding carboxylic acids is 1. The van der Waals surface area contributed by atoms with Crippen molar-refractivity contribution in [1.82, 2.24) is 5.32 Å². The Hall–Kier alpha value is -0.610. The van der Waals surface area contributed by atoms with Gasteiger partial charge in [-0.2, -0.15) is 0 Å². The number of aliphatic hydroxyl groups is 1. The zero-order chi connectivity index (χ0) is 13.7. The molecule has 3 atom stereocenters. The minimum atomic E-state index is -0.405. The molecule has 2 aliphatic rings. The van der Waals surface area contributed by atoms with Crippen LogP contribution in [0.5, 0.6) is 0 Å². The Labute approximate surface area is 116 Å². The number of carbonyl (C=O) groups is 1. The third-order valence-electron chi connectivity index (χ3n) is 4.71. The minimum Gasteiger partial charge on any atom is -0.391 e. The molecule has 1 unspecified atom stereocenters. The molecule has 2 saturated carbocycles. The molecule has 2 rings (SSSR count). The summed E-state index contributed by atoms with van der Waals surface area (Å²) in [6, 6.07) is -0.490. The largest absolute Gasteiger partial charge is 0.391 e. The molecule has 1 amide bonds. The van der Waals surface area contributed by atoms with Crippen molar-refractivity contribution in [3.8, 4) is 0 Å². The number of rotatable bonds is 4. The average molecular weight is 268 g/mol. The van der Waals surface area contributed by atoms with Crippen molar-refractivity contribution >= 4 is 5.91 Å². The van der Waals surface area contributed by atoms with E-state index in [-0.39, 0.29) is 18.1 Å². The molecule has 0 aromatic rings. The molecule has 0 aliphatic heterocycles. The maximum atomic E-state index is 12.1. The topological polar surface area (TPSA) is 75.4 Å². The summed E-state index contributed by atoms with van der Waals surface area (Å²) in [7, 11) is 0. The maximum Gasteiger partial charge on any atom is 0.237 e. The number of nitrogens with two attached hydrogens (primary N) is 1. The van der Waals surface area contributed by atoms with E-state index in [2.05, 4.69) is 5.32 Å². The van der Waals surface area contributed by atoms with E-state index in [0.29, 0.717) is 5.92 Å². The zero-order valence-corrected chi connectivity index (χ0v) is 11.8.